The maximum atomic E-state index is 13.5. The number of urea groups is 1. The number of hydrogen-bond donors (Lipinski definition) is 3. The van der Waals surface area contributed by atoms with Crippen molar-refractivity contribution in [3.8, 4) is 11.4 Å². The Morgan fingerprint density at radius 1 is 1.22 bits per heavy atom. The normalized spacial score (nSPS) is 21.2. The molecule has 0 radical (unpaired) electrons. The smallest absolute Gasteiger partial charge is 0.319 e. The Labute approximate surface area is 217 Å². The number of hydrogen-bond acceptors (Lipinski definition) is 8. The van der Waals surface area contributed by atoms with Crippen LogP contribution in [0.25, 0.3) is 11.4 Å². The Balaban J connectivity index is 1.50. The molecule has 0 bridgehead atoms. The van der Waals surface area contributed by atoms with Gasteiger partial charge in [-0.3, -0.25) is 0 Å². The van der Waals surface area contributed by atoms with Gasteiger partial charge in [-0.25, -0.2) is 23.2 Å². The fourth-order valence-electron chi connectivity index (χ4n) is 4.97. The molecule has 200 valence electrons. The highest BCUT2D eigenvalue weighted by molar-refractivity contribution is 7.92. The van der Waals surface area contributed by atoms with Crippen molar-refractivity contribution < 1.29 is 23.1 Å². The SMILES string of the molecule is C[C@H]1COCCN1c1cc(C2(S(=O)(=O)CCCO)CCC2)nc(-c2ccc(NC(=O)NC3CC3)cc2)n1. The average Bonchev–Trinajstić information content (AvgIpc) is 3.66. The van der Waals surface area contributed by atoms with E-state index in [9.17, 15) is 18.3 Å². The molecule has 2 heterocycles. The Hall–Kier alpha value is -2.76. The highest BCUT2D eigenvalue weighted by Crippen LogP contribution is 2.49. The number of carbonyl (C=O) groups is 1. The van der Waals surface area contributed by atoms with Gasteiger partial charge in [0.15, 0.2) is 15.7 Å². The number of rotatable bonds is 9. The first kappa shape index (κ1) is 25.9. The number of aliphatic hydroxyl groups is 1. The topological polar surface area (TPSA) is 134 Å². The lowest BCUT2D eigenvalue weighted by Gasteiger charge is -2.41. The minimum Gasteiger partial charge on any atom is -0.396 e. The third-order valence-corrected chi connectivity index (χ3v) is 10.1. The van der Waals surface area contributed by atoms with E-state index < -0.39 is 14.6 Å². The molecular weight excluding hydrogens is 494 g/mol. The monoisotopic (exact) mass is 529 g/mol. The van der Waals surface area contributed by atoms with E-state index in [4.69, 9.17) is 14.7 Å². The summed E-state index contributed by atoms with van der Waals surface area (Å²) >= 11 is 0. The molecule has 5 rings (SSSR count). The summed E-state index contributed by atoms with van der Waals surface area (Å²) in [5.74, 6) is 1.06. The summed E-state index contributed by atoms with van der Waals surface area (Å²) in [4.78, 5) is 23.9. The van der Waals surface area contributed by atoms with E-state index in [1.807, 2.05) is 18.2 Å². The summed E-state index contributed by atoms with van der Waals surface area (Å²) in [7, 11) is -3.53. The second-order valence-corrected chi connectivity index (χ2v) is 12.7. The van der Waals surface area contributed by atoms with Crippen molar-refractivity contribution in [3.63, 3.8) is 0 Å². The standard InChI is InChI=1S/C26H35N5O5S/c1-18-17-36-14-12-31(18)23-16-22(26(10-2-11-26)37(34,35)15-3-13-32)29-24(30-23)19-4-6-20(7-5-19)27-25(33)28-21-8-9-21/h4-7,16,18,21,32H,2-3,8-15,17H2,1H3,(H2,27,28,33)/t18-/m0/s1. The van der Waals surface area contributed by atoms with Crippen LogP contribution in [0.1, 0.15) is 51.1 Å². The molecule has 0 unspecified atom stereocenters. The number of nitrogens with one attached hydrogen (secondary N) is 2. The van der Waals surface area contributed by atoms with E-state index in [1.54, 1.807) is 12.1 Å². The van der Waals surface area contributed by atoms with Crippen LogP contribution in [0, 0.1) is 0 Å². The molecule has 11 heteroatoms. The van der Waals surface area contributed by atoms with Gasteiger partial charge in [0, 0.05) is 36.5 Å². The largest absolute Gasteiger partial charge is 0.396 e. The Morgan fingerprint density at radius 3 is 2.59 bits per heavy atom. The lowest BCUT2D eigenvalue weighted by Crippen LogP contribution is -2.46. The van der Waals surface area contributed by atoms with Gasteiger partial charge in [-0.05, 0) is 69.7 Å². The number of carbonyl (C=O) groups excluding carboxylic acids is 1. The molecule has 3 aliphatic rings. The number of sulfone groups is 1. The number of anilines is 2. The molecule has 1 saturated heterocycles. The fourth-order valence-corrected chi connectivity index (χ4v) is 7.20. The molecule has 2 amide bonds. The van der Waals surface area contributed by atoms with Gasteiger partial charge in [0.1, 0.15) is 10.6 Å². The van der Waals surface area contributed by atoms with Gasteiger partial charge in [-0.2, -0.15) is 0 Å². The summed E-state index contributed by atoms with van der Waals surface area (Å²) in [6.45, 7) is 3.69. The Morgan fingerprint density at radius 2 is 1.97 bits per heavy atom. The van der Waals surface area contributed by atoms with Crippen molar-refractivity contribution >= 4 is 27.4 Å². The van der Waals surface area contributed by atoms with E-state index in [-0.39, 0.29) is 36.9 Å². The fraction of sp³-hybridized carbons (Fsp3) is 0.577. The molecule has 1 atom stereocenters. The third-order valence-electron chi connectivity index (χ3n) is 7.48. The van der Waals surface area contributed by atoms with Gasteiger partial charge in [0.05, 0.1) is 30.7 Å². The van der Waals surface area contributed by atoms with E-state index in [0.29, 0.717) is 55.6 Å². The van der Waals surface area contributed by atoms with Crippen LogP contribution in [0.5, 0.6) is 0 Å². The first-order chi connectivity index (χ1) is 17.8. The average molecular weight is 530 g/mol. The highest BCUT2D eigenvalue weighted by Gasteiger charge is 2.51. The zero-order valence-electron chi connectivity index (χ0n) is 21.1. The van der Waals surface area contributed by atoms with Crippen LogP contribution in [-0.2, 0) is 19.3 Å². The van der Waals surface area contributed by atoms with Gasteiger partial charge < -0.3 is 25.4 Å². The van der Waals surface area contributed by atoms with E-state index in [0.717, 1.165) is 24.8 Å². The summed E-state index contributed by atoms with van der Waals surface area (Å²) in [5.41, 5.74) is 1.91. The molecule has 2 aliphatic carbocycles. The lowest BCUT2D eigenvalue weighted by molar-refractivity contribution is 0.0985. The van der Waals surface area contributed by atoms with Gasteiger partial charge in [0.2, 0.25) is 0 Å². The third kappa shape index (κ3) is 5.44. The number of morpholine rings is 1. The molecule has 1 aromatic heterocycles. The minimum absolute atomic E-state index is 0.0740. The first-order valence-corrected chi connectivity index (χ1v) is 14.7. The molecule has 0 spiro atoms. The van der Waals surface area contributed by atoms with Crippen LogP contribution in [0.15, 0.2) is 30.3 Å². The van der Waals surface area contributed by atoms with E-state index in [2.05, 4.69) is 22.5 Å². The number of ether oxygens (including phenoxy) is 1. The quantitative estimate of drug-likeness (QED) is 0.452. The summed E-state index contributed by atoms with van der Waals surface area (Å²) in [6, 6.07) is 9.24. The Kier molecular flexibility index (Phi) is 7.37. The predicted octanol–water partition coefficient (Wildman–Crippen LogP) is 2.83. The second-order valence-electron chi connectivity index (χ2n) is 10.2. The number of aromatic nitrogens is 2. The van der Waals surface area contributed by atoms with E-state index >= 15 is 0 Å². The van der Waals surface area contributed by atoms with Crippen LogP contribution in [-0.4, -0.2) is 73.7 Å². The van der Waals surface area contributed by atoms with Crippen LogP contribution >= 0.6 is 0 Å². The van der Waals surface area contributed by atoms with Crippen molar-refractivity contribution in [3.05, 3.63) is 36.0 Å². The Bertz CT molecular complexity index is 1230. The number of nitrogens with zero attached hydrogens (tertiary/aromatic N) is 3. The van der Waals surface area contributed by atoms with Crippen molar-refractivity contribution in [2.45, 2.75) is 62.3 Å². The summed E-state index contributed by atoms with van der Waals surface area (Å²) < 4.78 is 31.5. The molecule has 3 fully saturated rings. The molecule has 10 nitrogen and oxygen atoms in total. The lowest BCUT2D eigenvalue weighted by atomic mass is 9.81. The number of amides is 2. The number of aliphatic hydroxyl groups excluding tert-OH is 1. The van der Waals surface area contributed by atoms with Crippen molar-refractivity contribution in [2.75, 3.05) is 42.3 Å². The van der Waals surface area contributed by atoms with Crippen LogP contribution < -0.4 is 15.5 Å². The van der Waals surface area contributed by atoms with Crippen LogP contribution in [0.4, 0.5) is 16.3 Å². The van der Waals surface area contributed by atoms with Crippen molar-refractivity contribution in [1.29, 1.82) is 0 Å². The highest BCUT2D eigenvalue weighted by atomic mass is 32.2. The molecular formula is C26H35N5O5S. The zero-order chi connectivity index (χ0) is 26.0. The van der Waals surface area contributed by atoms with E-state index in [1.165, 1.54) is 0 Å². The molecule has 37 heavy (non-hydrogen) atoms. The minimum atomic E-state index is -3.53. The second kappa shape index (κ2) is 10.5. The molecule has 3 N–H and O–H groups in total. The molecule has 1 aliphatic heterocycles. The maximum absolute atomic E-state index is 13.5. The predicted molar refractivity (Wildman–Crippen MR) is 141 cm³/mol. The first-order valence-electron chi connectivity index (χ1n) is 13.1. The molecule has 1 aromatic carbocycles. The van der Waals surface area contributed by atoms with Gasteiger partial charge in [-0.1, -0.05) is 0 Å². The maximum Gasteiger partial charge on any atom is 0.319 e. The van der Waals surface area contributed by atoms with Gasteiger partial charge in [-0.15, -0.1) is 0 Å². The molecule has 2 aromatic rings. The zero-order valence-corrected chi connectivity index (χ0v) is 22.0. The van der Waals surface area contributed by atoms with Crippen molar-refractivity contribution in [2.24, 2.45) is 0 Å². The van der Waals surface area contributed by atoms with Gasteiger partial charge >= 0.3 is 6.03 Å². The van der Waals surface area contributed by atoms with Crippen LogP contribution in [0.3, 0.4) is 0 Å². The summed E-state index contributed by atoms with van der Waals surface area (Å²) in [6.07, 6.45) is 4.06. The molecule has 2 saturated carbocycles. The van der Waals surface area contributed by atoms with Gasteiger partial charge in [0.25, 0.3) is 0 Å². The number of benzene rings is 1. The van der Waals surface area contributed by atoms with Crippen molar-refractivity contribution in [1.82, 2.24) is 15.3 Å². The summed E-state index contributed by atoms with van der Waals surface area (Å²) in [5, 5.41) is 15.0. The van der Waals surface area contributed by atoms with Crippen LogP contribution in [0.2, 0.25) is 0 Å².